The number of anilines is 1. The number of hydrogen-bond donors (Lipinski definition) is 1. The highest BCUT2D eigenvalue weighted by Gasteiger charge is 2.33. The number of methoxy groups -OCH3 is 1. The Morgan fingerprint density at radius 1 is 1.14 bits per heavy atom. The molecule has 0 fully saturated rings. The van der Waals surface area contributed by atoms with Gasteiger partial charge in [0.15, 0.2) is 0 Å². The molecule has 0 unspecified atom stereocenters. The molecule has 0 heterocycles. The Labute approximate surface area is 130 Å². The van der Waals surface area contributed by atoms with Crippen molar-refractivity contribution in [1.29, 1.82) is 0 Å². The highest BCUT2D eigenvalue weighted by atomic mass is 79.9. The number of alkyl halides is 3. The van der Waals surface area contributed by atoms with Gasteiger partial charge in [-0.25, -0.2) is 0 Å². The molecule has 0 spiro atoms. The first-order valence-electron chi connectivity index (χ1n) is 6.62. The van der Waals surface area contributed by atoms with Crippen LogP contribution in [0.5, 0.6) is 0 Å². The summed E-state index contributed by atoms with van der Waals surface area (Å²) in [5.74, 6) is 0. The fourth-order valence-electron chi connectivity index (χ4n) is 1.71. The molecule has 1 aromatic rings. The third-order valence-corrected chi connectivity index (χ3v) is 3.24. The fourth-order valence-corrected chi connectivity index (χ4v) is 2.07. The first kappa shape index (κ1) is 18.3. The summed E-state index contributed by atoms with van der Waals surface area (Å²) in [6.07, 6.45) is -2.84. The summed E-state index contributed by atoms with van der Waals surface area (Å²) >= 11 is 3.18. The van der Waals surface area contributed by atoms with Gasteiger partial charge in [-0.15, -0.1) is 0 Å². The lowest BCUT2D eigenvalue weighted by molar-refractivity contribution is -0.137. The Balaban J connectivity index is 2.36. The minimum Gasteiger partial charge on any atom is -0.385 e. The second-order valence-electron chi connectivity index (χ2n) is 4.43. The summed E-state index contributed by atoms with van der Waals surface area (Å²) in [6, 6.07) is 3.90. The molecule has 0 aliphatic rings. The van der Waals surface area contributed by atoms with Crippen molar-refractivity contribution in [3.05, 3.63) is 28.2 Å². The number of benzene rings is 1. The minimum absolute atomic E-state index is 0.0946. The molecule has 0 aromatic heterocycles. The summed E-state index contributed by atoms with van der Waals surface area (Å²) in [7, 11) is 1.60. The average molecular weight is 370 g/mol. The number of hydrogen-bond acceptors (Lipinski definition) is 3. The van der Waals surface area contributed by atoms with Crippen molar-refractivity contribution >= 4 is 21.6 Å². The fraction of sp³-hybridized carbons (Fsp3) is 0.571. The van der Waals surface area contributed by atoms with Crippen LogP contribution in [-0.2, 0) is 15.7 Å². The predicted octanol–water partition coefficient (Wildman–Crippen LogP) is 4.32. The standard InChI is InChI=1S/C14H19BrF3NO2/c1-20-8-9-21-7-3-2-6-19-13-10-11(15)4-5-12(13)14(16,17)18/h4-5,10,19H,2-3,6-9H2,1H3. The van der Waals surface area contributed by atoms with Gasteiger partial charge in [0.1, 0.15) is 0 Å². The van der Waals surface area contributed by atoms with Crippen LogP contribution in [0.2, 0.25) is 0 Å². The van der Waals surface area contributed by atoms with Gasteiger partial charge < -0.3 is 14.8 Å². The summed E-state index contributed by atoms with van der Waals surface area (Å²) < 4.78 is 49.3. The van der Waals surface area contributed by atoms with Gasteiger partial charge in [0.2, 0.25) is 0 Å². The Morgan fingerprint density at radius 3 is 2.57 bits per heavy atom. The maximum atomic E-state index is 12.8. The van der Waals surface area contributed by atoms with Crippen molar-refractivity contribution < 1.29 is 22.6 Å². The average Bonchev–Trinajstić information content (AvgIpc) is 2.40. The highest BCUT2D eigenvalue weighted by Crippen LogP contribution is 2.36. The highest BCUT2D eigenvalue weighted by molar-refractivity contribution is 9.10. The molecule has 0 saturated carbocycles. The largest absolute Gasteiger partial charge is 0.418 e. The Bertz CT molecular complexity index is 427. The van der Waals surface area contributed by atoms with Crippen LogP contribution in [0.15, 0.2) is 22.7 Å². The van der Waals surface area contributed by atoms with E-state index >= 15 is 0 Å². The number of ether oxygens (including phenoxy) is 2. The van der Waals surface area contributed by atoms with E-state index in [1.165, 1.54) is 12.1 Å². The van der Waals surface area contributed by atoms with Crippen LogP contribution in [0, 0.1) is 0 Å². The van der Waals surface area contributed by atoms with Crippen LogP contribution < -0.4 is 5.32 Å². The van der Waals surface area contributed by atoms with Crippen molar-refractivity contribution in [2.45, 2.75) is 19.0 Å². The van der Waals surface area contributed by atoms with Gasteiger partial charge in [-0.3, -0.25) is 0 Å². The molecule has 1 rings (SSSR count). The van der Waals surface area contributed by atoms with Crippen LogP contribution in [0.25, 0.3) is 0 Å². The lowest BCUT2D eigenvalue weighted by Crippen LogP contribution is -2.12. The Morgan fingerprint density at radius 2 is 1.90 bits per heavy atom. The van der Waals surface area contributed by atoms with Crippen LogP contribution in [0.4, 0.5) is 18.9 Å². The minimum atomic E-state index is -4.35. The molecule has 0 saturated heterocycles. The molecule has 7 heteroatoms. The molecule has 0 bridgehead atoms. The maximum Gasteiger partial charge on any atom is 0.418 e. The first-order valence-corrected chi connectivity index (χ1v) is 7.41. The van der Waals surface area contributed by atoms with Gasteiger partial charge in [-0.1, -0.05) is 15.9 Å². The summed E-state index contributed by atoms with van der Waals surface area (Å²) in [5.41, 5.74) is -0.556. The van der Waals surface area contributed by atoms with E-state index in [-0.39, 0.29) is 5.69 Å². The van der Waals surface area contributed by atoms with E-state index in [1.807, 2.05) is 0 Å². The zero-order valence-electron chi connectivity index (χ0n) is 11.8. The van der Waals surface area contributed by atoms with Crippen molar-refractivity contribution in [1.82, 2.24) is 0 Å². The van der Waals surface area contributed by atoms with Gasteiger partial charge in [0.25, 0.3) is 0 Å². The molecule has 1 aromatic carbocycles. The number of rotatable bonds is 9. The molecule has 120 valence electrons. The monoisotopic (exact) mass is 369 g/mol. The van der Waals surface area contributed by atoms with Gasteiger partial charge in [-0.05, 0) is 31.0 Å². The SMILES string of the molecule is COCCOCCCCNc1cc(Br)ccc1C(F)(F)F. The van der Waals surface area contributed by atoms with E-state index in [4.69, 9.17) is 9.47 Å². The summed E-state index contributed by atoms with van der Waals surface area (Å²) in [6.45, 7) is 2.13. The second-order valence-corrected chi connectivity index (χ2v) is 5.34. The van der Waals surface area contributed by atoms with E-state index in [0.717, 1.165) is 18.9 Å². The van der Waals surface area contributed by atoms with Crippen LogP contribution in [-0.4, -0.2) is 33.5 Å². The summed E-state index contributed by atoms with van der Waals surface area (Å²) in [4.78, 5) is 0. The number of nitrogens with one attached hydrogen (secondary N) is 1. The van der Waals surface area contributed by atoms with Crippen LogP contribution >= 0.6 is 15.9 Å². The quantitative estimate of drug-likeness (QED) is 0.657. The van der Waals surface area contributed by atoms with E-state index in [2.05, 4.69) is 21.2 Å². The molecule has 21 heavy (non-hydrogen) atoms. The van der Waals surface area contributed by atoms with E-state index < -0.39 is 11.7 Å². The van der Waals surface area contributed by atoms with Crippen molar-refractivity contribution in [3.63, 3.8) is 0 Å². The normalized spacial score (nSPS) is 11.7. The molecule has 0 amide bonds. The molecule has 1 N–H and O–H groups in total. The first-order chi connectivity index (χ1) is 9.95. The third-order valence-electron chi connectivity index (χ3n) is 2.75. The molecule has 0 radical (unpaired) electrons. The van der Waals surface area contributed by atoms with E-state index in [1.54, 1.807) is 7.11 Å². The molecular weight excluding hydrogens is 351 g/mol. The van der Waals surface area contributed by atoms with Crippen LogP contribution in [0.1, 0.15) is 18.4 Å². The summed E-state index contributed by atoms with van der Waals surface area (Å²) in [5, 5.41) is 2.83. The van der Waals surface area contributed by atoms with Crippen molar-refractivity contribution in [2.75, 3.05) is 38.8 Å². The zero-order chi connectivity index (χ0) is 15.7. The number of halogens is 4. The van der Waals surface area contributed by atoms with E-state index in [0.29, 0.717) is 30.8 Å². The van der Waals surface area contributed by atoms with Crippen molar-refractivity contribution in [2.24, 2.45) is 0 Å². The zero-order valence-corrected chi connectivity index (χ0v) is 13.4. The lowest BCUT2D eigenvalue weighted by atomic mass is 10.1. The molecule has 0 aliphatic heterocycles. The van der Waals surface area contributed by atoms with Gasteiger partial charge in [0.05, 0.1) is 18.8 Å². The number of unbranched alkanes of at least 4 members (excludes halogenated alkanes) is 1. The topological polar surface area (TPSA) is 30.5 Å². The van der Waals surface area contributed by atoms with E-state index in [9.17, 15) is 13.2 Å². The smallest absolute Gasteiger partial charge is 0.385 e. The molecular formula is C14H19BrF3NO2. The van der Waals surface area contributed by atoms with Crippen LogP contribution in [0.3, 0.4) is 0 Å². The van der Waals surface area contributed by atoms with Gasteiger partial charge >= 0.3 is 6.18 Å². The van der Waals surface area contributed by atoms with Gasteiger partial charge in [0, 0.05) is 30.4 Å². The lowest BCUT2D eigenvalue weighted by Gasteiger charge is -2.15. The Kier molecular flexibility index (Phi) is 8.06. The molecule has 0 atom stereocenters. The molecule has 3 nitrogen and oxygen atoms in total. The molecule has 0 aliphatic carbocycles. The van der Waals surface area contributed by atoms with Crippen molar-refractivity contribution in [3.8, 4) is 0 Å². The van der Waals surface area contributed by atoms with Gasteiger partial charge in [-0.2, -0.15) is 13.2 Å². The predicted molar refractivity (Wildman–Crippen MR) is 79.6 cm³/mol. The Hall–Kier alpha value is -0.790. The third kappa shape index (κ3) is 7.15. The maximum absolute atomic E-state index is 12.8. The second kappa shape index (κ2) is 9.27.